The van der Waals surface area contributed by atoms with Gasteiger partial charge in [0.25, 0.3) is 0 Å². The fraction of sp³-hybridized carbons (Fsp3) is 0.714. The molecule has 0 aromatic rings. The Labute approximate surface area is 50.6 Å². The third kappa shape index (κ3) is 0.857. The van der Waals surface area contributed by atoms with Gasteiger partial charge in [-0.05, 0) is 18.3 Å². The molecule has 0 heterocycles. The van der Waals surface area contributed by atoms with Gasteiger partial charge in [0, 0.05) is 5.70 Å². The molecule has 1 aliphatic rings. The Kier molecular flexibility index (Phi) is 1.28. The van der Waals surface area contributed by atoms with Crippen LogP contribution in [0.15, 0.2) is 11.8 Å². The Hall–Kier alpha value is -0.460. The summed E-state index contributed by atoms with van der Waals surface area (Å²) in [5, 5.41) is 0. The zero-order chi connectivity index (χ0) is 6.15. The molecule has 0 aliphatic heterocycles. The molecule has 0 radical (unpaired) electrons. The smallest absolute Gasteiger partial charge is 0.00716 e. The third-order valence-corrected chi connectivity index (χ3v) is 1.77. The minimum Gasteiger partial charge on any atom is -0.402 e. The summed E-state index contributed by atoms with van der Waals surface area (Å²) in [6, 6.07) is 0. The molecule has 0 amide bonds. The average Bonchev–Trinajstić information content (AvgIpc) is 1.85. The van der Waals surface area contributed by atoms with E-state index in [1.807, 2.05) is 0 Å². The normalized spacial score (nSPS) is 37.5. The molecule has 0 bridgehead atoms. The van der Waals surface area contributed by atoms with Crippen molar-refractivity contribution >= 4 is 0 Å². The highest BCUT2D eigenvalue weighted by molar-refractivity contribution is 5.09. The van der Waals surface area contributed by atoms with Crippen molar-refractivity contribution in [3.05, 3.63) is 11.8 Å². The quantitative estimate of drug-likeness (QED) is 0.503. The molecule has 1 nitrogen and oxygen atoms in total. The van der Waals surface area contributed by atoms with Crippen LogP contribution in [0.1, 0.15) is 20.3 Å². The standard InChI is InChI=1S/C7H13N/c1-5-3-6(2)7(8)4-5/h4-6H,3,8H2,1-2H3/t5?,6-/m1/s1. The van der Waals surface area contributed by atoms with Crippen LogP contribution < -0.4 is 5.73 Å². The number of hydrogen-bond acceptors (Lipinski definition) is 1. The largest absolute Gasteiger partial charge is 0.402 e. The van der Waals surface area contributed by atoms with Gasteiger partial charge in [0.05, 0.1) is 0 Å². The number of hydrogen-bond donors (Lipinski definition) is 1. The van der Waals surface area contributed by atoms with Crippen LogP contribution in [-0.2, 0) is 0 Å². The highest BCUT2D eigenvalue weighted by Crippen LogP contribution is 2.25. The molecule has 0 spiro atoms. The minimum absolute atomic E-state index is 0.630. The lowest BCUT2D eigenvalue weighted by atomic mass is 10.1. The first-order valence-electron chi connectivity index (χ1n) is 3.17. The molecule has 0 fully saturated rings. The highest BCUT2D eigenvalue weighted by atomic mass is 14.6. The molecule has 0 aromatic carbocycles. The van der Waals surface area contributed by atoms with Gasteiger partial charge in [-0.3, -0.25) is 0 Å². The molecule has 46 valence electrons. The van der Waals surface area contributed by atoms with Gasteiger partial charge in [-0.2, -0.15) is 0 Å². The Balaban J connectivity index is 2.59. The van der Waals surface area contributed by atoms with Crippen molar-refractivity contribution in [1.29, 1.82) is 0 Å². The van der Waals surface area contributed by atoms with Gasteiger partial charge in [0.15, 0.2) is 0 Å². The van der Waals surface area contributed by atoms with Crippen LogP contribution in [-0.4, -0.2) is 0 Å². The van der Waals surface area contributed by atoms with E-state index < -0.39 is 0 Å². The summed E-state index contributed by atoms with van der Waals surface area (Å²) < 4.78 is 0. The Bertz CT molecular complexity index is 116. The predicted octanol–water partition coefficient (Wildman–Crippen LogP) is 1.50. The second-order valence-electron chi connectivity index (χ2n) is 2.78. The Morgan fingerprint density at radius 1 is 1.62 bits per heavy atom. The number of rotatable bonds is 0. The van der Waals surface area contributed by atoms with E-state index in [4.69, 9.17) is 5.73 Å². The van der Waals surface area contributed by atoms with Crippen LogP contribution >= 0.6 is 0 Å². The molecule has 1 heteroatoms. The first-order valence-corrected chi connectivity index (χ1v) is 3.17. The number of allylic oxidation sites excluding steroid dienone is 2. The summed E-state index contributed by atoms with van der Waals surface area (Å²) in [6.45, 7) is 4.38. The molecule has 1 unspecified atom stereocenters. The van der Waals surface area contributed by atoms with Crippen molar-refractivity contribution < 1.29 is 0 Å². The van der Waals surface area contributed by atoms with Crippen LogP contribution in [0, 0.1) is 11.8 Å². The predicted molar refractivity (Wildman–Crippen MR) is 35.2 cm³/mol. The van der Waals surface area contributed by atoms with Crippen LogP contribution in [0.4, 0.5) is 0 Å². The van der Waals surface area contributed by atoms with Crippen molar-refractivity contribution in [3.8, 4) is 0 Å². The zero-order valence-corrected chi connectivity index (χ0v) is 5.52. The van der Waals surface area contributed by atoms with Crippen molar-refractivity contribution in [2.75, 3.05) is 0 Å². The minimum atomic E-state index is 0.630. The van der Waals surface area contributed by atoms with Crippen molar-refractivity contribution in [2.24, 2.45) is 17.6 Å². The molecule has 0 saturated heterocycles. The molecule has 1 aliphatic carbocycles. The summed E-state index contributed by atoms with van der Waals surface area (Å²) in [7, 11) is 0. The van der Waals surface area contributed by atoms with Gasteiger partial charge < -0.3 is 5.73 Å². The molecule has 2 N–H and O–H groups in total. The van der Waals surface area contributed by atoms with Crippen LogP contribution in [0.2, 0.25) is 0 Å². The van der Waals surface area contributed by atoms with E-state index in [2.05, 4.69) is 19.9 Å². The SMILES string of the molecule is CC1C=C(N)[C@H](C)C1. The molecule has 8 heavy (non-hydrogen) atoms. The second kappa shape index (κ2) is 1.81. The van der Waals surface area contributed by atoms with E-state index in [1.165, 1.54) is 6.42 Å². The van der Waals surface area contributed by atoms with E-state index in [-0.39, 0.29) is 0 Å². The van der Waals surface area contributed by atoms with Gasteiger partial charge in [0.2, 0.25) is 0 Å². The summed E-state index contributed by atoms with van der Waals surface area (Å²) in [6.07, 6.45) is 3.40. The summed E-state index contributed by atoms with van der Waals surface area (Å²) >= 11 is 0. The van der Waals surface area contributed by atoms with Crippen molar-refractivity contribution in [3.63, 3.8) is 0 Å². The second-order valence-corrected chi connectivity index (χ2v) is 2.78. The summed E-state index contributed by atoms with van der Waals surface area (Å²) in [5.41, 5.74) is 6.71. The van der Waals surface area contributed by atoms with Crippen LogP contribution in [0.3, 0.4) is 0 Å². The maximum absolute atomic E-state index is 5.63. The van der Waals surface area contributed by atoms with Gasteiger partial charge in [0.1, 0.15) is 0 Å². The van der Waals surface area contributed by atoms with Crippen molar-refractivity contribution in [2.45, 2.75) is 20.3 Å². The first kappa shape index (κ1) is 5.67. The van der Waals surface area contributed by atoms with Gasteiger partial charge in [-0.15, -0.1) is 0 Å². The molecule has 0 saturated carbocycles. The maximum atomic E-state index is 5.63. The van der Waals surface area contributed by atoms with Crippen LogP contribution in [0.25, 0.3) is 0 Å². The van der Waals surface area contributed by atoms with Gasteiger partial charge in [-0.25, -0.2) is 0 Å². The lowest BCUT2D eigenvalue weighted by Crippen LogP contribution is -2.02. The Morgan fingerprint density at radius 3 is 2.38 bits per heavy atom. The van der Waals surface area contributed by atoms with E-state index in [0.29, 0.717) is 11.8 Å². The summed E-state index contributed by atoms with van der Waals surface area (Å²) in [4.78, 5) is 0. The zero-order valence-electron chi connectivity index (χ0n) is 5.52. The number of nitrogens with two attached hydrogens (primary N) is 1. The first-order chi connectivity index (χ1) is 3.70. The monoisotopic (exact) mass is 111 g/mol. The van der Waals surface area contributed by atoms with Gasteiger partial charge >= 0.3 is 0 Å². The molecular formula is C7H13N. The highest BCUT2D eigenvalue weighted by Gasteiger charge is 2.16. The average molecular weight is 111 g/mol. The molecule has 2 atom stereocenters. The van der Waals surface area contributed by atoms with Gasteiger partial charge in [-0.1, -0.05) is 19.9 Å². The maximum Gasteiger partial charge on any atom is 0.00716 e. The topological polar surface area (TPSA) is 26.0 Å². The molecule has 1 rings (SSSR count). The summed E-state index contributed by atoms with van der Waals surface area (Å²) in [5.74, 6) is 1.34. The van der Waals surface area contributed by atoms with E-state index in [9.17, 15) is 0 Å². The lowest BCUT2D eigenvalue weighted by Gasteiger charge is -2.01. The fourth-order valence-corrected chi connectivity index (χ4v) is 1.25. The van der Waals surface area contributed by atoms with E-state index in [0.717, 1.165) is 5.70 Å². The third-order valence-electron chi connectivity index (χ3n) is 1.77. The fourth-order valence-electron chi connectivity index (χ4n) is 1.25. The Morgan fingerprint density at radius 2 is 2.25 bits per heavy atom. The van der Waals surface area contributed by atoms with Crippen molar-refractivity contribution in [1.82, 2.24) is 0 Å². The lowest BCUT2D eigenvalue weighted by molar-refractivity contribution is 0.574. The molecule has 0 aromatic heterocycles. The van der Waals surface area contributed by atoms with E-state index >= 15 is 0 Å². The van der Waals surface area contributed by atoms with E-state index in [1.54, 1.807) is 0 Å². The molecular weight excluding hydrogens is 98.1 g/mol. The van der Waals surface area contributed by atoms with Crippen LogP contribution in [0.5, 0.6) is 0 Å².